The fourth-order valence-corrected chi connectivity index (χ4v) is 5.55. The number of halogens is 1. The summed E-state index contributed by atoms with van der Waals surface area (Å²) in [6.07, 6.45) is 0. The molecule has 3 fully saturated rings. The number of piperazine rings is 1. The first-order chi connectivity index (χ1) is 17.5. The lowest BCUT2D eigenvalue weighted by atomic mass is 9.83. The molecule has 2 amide bonds. The third-order valence-corrected chi connectivity index (χ3v) is 7.54. The molecule has 0 aromatic heterocycles. The molecule has 3 aliphatic rings. The Hall–Kier alpha value is -2.85. The number of nitrogens with one attached hydrogen (secondary N) is 1. The quantitative estimate of drug-likeness (QED) is 0.629. The highest BCUT2D eigenvalue weighted by molar-refractivity contribution is 5.98. The van der Waals surface area contributed by atoms with Crippen LogP contribution in [0.2, 0.25) is 0 Å². The van der Waals surface area contributed by atoms with Gasteiger partial charge in [-0.2, -0.15) is 0 Å². The molecule has 0 bridgehead atoms. The van der Waals surface area contributed by atoms with Gasteiger partial charge in [-0.1, -0.05) is 30.3 Å². The number of carbonyl (C=O) groups is 2. The van der Waals surface area contributed by atoms with Gasteiger partial charge in [-0.25, -0.2) is 14.8 Å². The molecule has 0 aliphatic carbocycles. The molecule has 0 radical (unpaired) electrons. The molecular weight excluding hydrogens is 461 g/mol. The van der Waals surface area contributed by atoms with E-state index in [1.54, 1.807) is 12.1 Å². The molecule has 3 atom stereocenters. The fourth-order valence-electron chi connectivity index (χ4n) is 5.55. The van der Waals surface area contributed by atoms with Gasteiger partial charge in [0.05, 0.1) is 30.2 Å². The van der Waals surface area contributed by atoms with Crippen molar-refractivity contribution in [3.05, 3.63) is 66.0 Å². The van der Waals surface area contributed by atoms with Crippen molar-refractivity contribution < 1.29 is 18.7 Å². The van der Waals surface area contributed by atoms with Crippen LogP contribution in [0.1, 0.15) is 5.56 Å². The van der Waals surface area contributed by atoms with Crippen molar-refractivity contribution in [2.24, 2.45) is 11.8 Å². The van der Waals surface area contributed by atoms with Crippen LogP contribution in [0.3, 0.4) is 0 Å². The summed E-state index contributed by atoms with van der Waals surface area (Å²) in [5, 5.41) is 1.62. The van der Waals surface area contributed by atoms with Crippen LogP contribution in [0.5, 0.6) is 0 Å². The Balaban J connectivity index is 1.26. The van der Waals surface area contributed by atoms with E-state index in [0.717, 1.165) is 30.9 Å². The van der Waals surface area contributed by atoms with E-state index in [-0.39, 0.29) is 35.5 Å². The first-order valence-electron chi connectivity index (χ1n) is 12.7. The minimum Gasteiger partial charge on any atom is -0.383 e. The number of piperidine rings is 1. The van der Waals surface area contributed by atoms with Gasteiger partial charge < -0.3 is 9.64 Å². The maximum absolute atomic E-state index is 13.8. The molecule has 3 unspecified atom stereocenters. The molecular formula is C27H34FN5O3. The number of anilines is 1. The van der Waals surface area contributed by atoms with Gasteiger partial charge in [0.25, 0.3) is 0 Å². The minimum atomic E-state index is -0.318. The summed E-state index contributed by atoms with van der Waals surface area (Å²) in [6.45, 7) is 6.01. The van der Waals surface area contributed by atoms with E-state index in [1.165, 1.54) is 12.1 Å². The Labute approximate surface area is 211 Å². The van der Waals surface area contributed by atoms with Crippen molar-refractivity contribution in [3.8, 4) is 0 Å². The highest BCUT2D eigenvalue weighted by atomic mass is 19.1. The molecule has 3 aliphatic heterocycles. The van der Waals surface area contributed by atoms with E-state index in [9.17, 15) is 14.0 Å². The van der Waals surface area contributed by atoms with E-state index in [4.69, 9.17) is 4.74 Å². The van der Waals surface area contributed by atoms with Crippen LogP contribution in [-0.2, 0) is 20.9 Å². The number of hydrogen-bond acceptors (Lipinski definition) is 6. The number of ether oxygens (including phenoxy) is 1. The van der Waals surface area contributed by atoms with Crippen molar-refractivity contribution in [2.45, 2.75) is 12.6 Å². The lowest BCUT2D eigenvalue weighted by molar-refractivity contribution is -0.141. The van der Waals surface area contributed by atoms with Gasteiger partial charge in [-0.05, 0) is 29.8 Å². The number of fused-ring (bicyclic) bond motifs is 1. The molecule has 2 aromatic carbocycles. The number of likely N-dealkylation sites (tertiary alicyclic amines) is 1. The number of methoxy groups -OCH3 is 1. The third kappa shape index (κ3) is 5.29. The fraction of sp³-hybridized carbons (Fsp3) is 0.481. The zero-order valence-corrected chi connectivity index (χ0v) is 20.7. The monoisotopic (exact) mass is 495 g/mol. The Bertz CT molecular complexity index is 1050. The lowest BCUT2D eigenvalue weighted by Gasteiger charge is -2.42. The summed E-state index contributed by atoms with van der Waals surface area (Å²) in [5.41, 5.74) is 5.25. The largest absolute Gasteiger partial charge is 0.383 e. The number of nitrogens with zero attached hydrogens (tertiary/aromatic N) is 4. The minimum absolute atomic E-state index is 0.00948. The second kappa shape index (κ2) is 11.0. The van der Waals surface area contributed by atoms with Crippen molar-refractivity contribution in [2.75, 3.05) is 64.5 Å². The molecule has 0 saturated carbocycles. The molecule has 2 aromatic rings. The number of rotatable bonds is 7. The van der Waals surface area contributed by atoms with Gasteiger partial charge in [-0.3, -0.25) is 19.4 Å². The van der Waals surface area contributed by atoms with Crippen LogP contribution in [0.25, 0.3) is 0 Å². The summed E-state index contributed by atoms with van der Waals surface area (Å²) in [5.74, 6) is -0.727. The summed E-state index contributed by atoms with van der Waals surface area (Å²) < 4.78 is 18.5. The van der Waals surface area contributed by atoms with Crippen LogP contribution in [0, 0.1) is 17.7 Å². The number of carbonyl (C=O) groups excluding carboxylic acids is 2. The van der Waals surface area contributed by atoms with Gasteiger partial charge >= 0.3 is 0 Å². The van der Waals surface area contributed by atoms with Crippen LogP contribution in [0.15, 0.2) is 54.6 Å². The topological polar surface area (TPSA) is 68.4 Å². The predicted molar refractivity (Wildman–Crippen MR) is 134 cm³/mol. The highest BCUT2D eigenvalue weighted by Crippen LogP contribution is 2.33. The zero-order chi connectivity index (χ0) is 25.1. The lowest BCUT2D eigenvalue weighted by Crippen LogP contribution is -2.60. The Morgan fingerprint density at radius 3 is 2.42 bits per heavy atom. The Morgan fingerprint density at radius 1 is 1.00 bits per heavy atom. The zero-order valence-electron chi connectivity index (χ0n) is 20.7. The van der Waals surface area contributed by atoms with Crippen LogP contribution >= 0.6 is 0 Å². The first kappa shape index (κ1) is 24.8. The summed E-state index contributed by atoms with van der Waals surface area (Å²) in [4.78, 5) is 33.6. The number of hydrogen-bond donors (Lipinski definition) is 1. The molecule has 8 nitrogen and oxygen atoms in total. The number of amides is 2. The second-order valence-electron chi connectivity index (χ2n) is 9.86. The molecule has 9 heteroatoms. The van der Waals surface area contributed by atoms with E-state index in [2.05, 4.69) is 15.2 Å². The Morgan fingerprint density at radius 2 is 1.72 bits per heavy atom. The van der Waals surface area contributed by atoms with Gasteiger partial charge in [0.2, 0.25) is 11.8 Å². The Kier molecular flexibility index (Phi) is 7.62. The standard InChI is InChI=1S/C27H34FN5O3/c1-36-16-15-31-18-23(25-24(19-31)27(35)33(29-25)22-5-3-2-4-6-22)26(34)32-13-11-30(12-14-32)17-20-7-9-21(28)10-8-20/h2-10,23-25,29H,11-19H2,1H3. The van der Waals surface area contributed by atoms with Gasteiger partial charge in [0, 0.05) is 59.5 Å². The maximum Gasteiger partial charge on any atom is 0.247 e. The molecule has 3 heterocycles. The van der Waals surface area contributed by atoms with Crippen LogP contribution < -0.4 is 10.4 Å². The van der Waals surface area contributed by atoms with Crippen molar-refractivity contribution >= 4 is 17.5 Å². The molecule has 36 heavy (non-hydrogen) atoms. The smallest absolute Gasteiger partial charge is 0.247 e. The maximum atomic E-state index is 13.8. The van der Waals surface area contributed by atoms with Crippen LogP contribution in [0.4, 0.5) is 10.1 Å². The van der Waals surface area contributed by atoms with Crippen molar-refractivity contribution in [1.29, 1.82) is 0 Å². The first-order valence-corrected chi connectivity index (χ1v) is 12.7. The van der Waals surface area contributed by atoms with Gasteiger partial charge in [0.15, 0.2) is 0 Å². The molecule has 0 spiro atoms. The third-order valence-electron chi connectivity index (χ3n) is 7.54. The van der Waals surface area contributed by atoms with Gasteiger partial charge in [0.1, 0.15) is 5.82 Å². The summed E-state index contributed by atoms with van der Waals surface area (Å²) in [6, 6.07) is 15.9. The number of para-hydroxylation sites is 1. The molecule has 3 saturated heterocycles. The second-order valence-corrected chi connectivity index (χ2v) is 9.86. The van der Waals surface area contributed by atoms with E-state index in [0.29, 0.717) is 39.3 Å². The molecule has 5 rings (SSSR count). The summed E-state index contributed by atoms with van der Waals surface area (Å²) >= 11 is 0. The number of benzene rings is 2. The average Bonchev–Trinajstić information content (AvgIpc) is 3.25. The SMILES string of the molecule is COCCN1CC(C(=O)N2CCN(Cc3ccc(F)cc3)CC2)C2NN(c3ccccc3)C(=O)C2C1. The normalized spacial score (nSPS) is 25.3. The average molecular weight is 496 g/mol. The van der Waals surface area contributed by atoms with E-state index < -0.39 is 0 Å². The predicted octanol–water partition coefficient (Wildman–Crippen LogP) is 1.58. The van der Waals surface area contributed by atoms with Gasteiger partial charge in [-0.15, -0.1) is 0 Å². The molecule has 1 N–H and O–H groups in total. The molecule has 192 valence electrons. The van der Waals surface area contributed by atoms with E-state index >= 15 is 0 Å². The van der Waals surface area contributed by atoms with Crippen LogP contribution in [-0.4, -0.2) is 92.1 Å². The number of hydrazine groups is 1. The van der Waals surface area contributed by atoms with E-state index in [1.807, 2.05) is 47.4 Å². The van der Waals surface area contributed by atoms with Crippen molar-refractivity contribution in [3.63, 3.8) is 0 Å². The van der Waals surface area contributed by atoms with Crippen molar-refractivity contribution in [1.82, 2.24) is 20.1 Å². The summed E-state index contributed by atoms with van der Waals surface area (Å²) in [7, 11) is 1.67. The highest BCUT2D eigenvalue weighted by Gasteiger charge is 2.51.